The second-order valence-corrected chi connectivity index (χ2v) is 2.68. The van der Waals surface area contributed by atoms with Gasteiger partial charge in [-0.2, -0.15) is 0 Å². The fourth-order valence-electron chi connectivity index (χ4n) is 1.23. The van der Waals surface area contributed by atoms with Gasteiger partial charge in [-0.25, -0.2) is 0 Å². The van der Waals surface area contributed by atoms with Gasteiger partial charge in [0.2, 0.25) is 0 Å². The Bertz CT molecular complexity index is 211. The van der Waals surface area contributed by atoms with E-state index in [4.69, 9.17) is 0 Å². The molecule has 0 saturated heterocycles. The number of rotatable bonds is 1. The first-order chi connectivity index (χ1) is 4.66. The van der Waals surface area contributed by atoms with Gasteiger partial charge < -0.3 is 0 Å². The molecule has 0 radical (unpaired) electrons. The van der Waals surface area contributed by atoms with Gasteiger partial charge in [0.15, 0.2) is 5.78 Å². The van der Waals surface area contributed by atoms with Crippen molar-refractivity contribution in [3.8, 4) is 0 Å². The third kappa shape index (κ3) is 0.919. The molecule has 1 aliphatic carbocycles. The van der Waals surface area contributed by atoms with E-state index in [1.807, 2.05) is 6.92 Å². The summed E-state index contributed by atoms with van der Waals surface area (Å²) in [6.45, 7) is 7.81. The molecule has 1 unspecified atom stereocenters. The Morgan fingerprint density at radius 3 is 2.50 bits per heavy atom. The van der Waals surface area contributed by atoms with Crippen LogP contribution in [0.2, 0.25) is 0 Å². The van der Waals surface area contributed by atoms with E-state index in [2.05, 4.69) is 13.5 Å². The Kier molecular flexibility index (Phi) is 1.75. The van der Waals surface area contributed by atoms with Crippen LogP contribution in [0.25, 0.3) is 0 Å². The van der Waals surface area contributed by atoms with Gasteiger partial charge in [-0.3, -0.25) is 4.79 Å². The first kappa shape index (κ1) is 7.26. The fraction of sp³-hybridized carbons (Fsp3) is 0.444. The Labute approximate surface area is 61.4 Å². The third-order valence-corrected chi connectivity index (χ3v) is 2.12. The molecule has 0 fully saturated rings. The standard InChI is InChI=1S/C9H12O/c1-4-8-5-9(10)7(3)6(8)2/h5-6H,3-4H2,1-2H3. The van der Waals surface area contributed by atoms with Crippen LogP contribution in [0.1, 0.15) is 20.3 Å². The van der Waals surface area contributed by atoms with Crippen molar-refractivity contribution in [2.24, 2.45) is 5.92 Å². The summed E-state index contributed by atoms with van der Waals surface area (Å²) in [6, 6.07) is 0. The Balaban J connectivity index is 2.88. The molecule has 0 bridgehead atoms. The van der Waals surface area contributed by atoms with Crippen LogP contribution in [-0.4, -0.2) is 5.78 Å². The van der Waals surface area contributed by atoms with Crippen LogP contribution in [0.4, 0.5) is 0 Å². The lowest BCUT2D eigenvalue weighted by Crippen LogP contribution is -1.98. The molecule has 0 aromatic rings. The van der Waals surface area contributed by atoms with Gasteiger partial charge in [-0.05, 0) is 18.1 Å². The van der Waals surface area contributed by atoms with Crippen LogP contribution in [-0.2, 0) is 4.79 Å². The molecular formula is C9H12O. The van der Waals surface area contributed by atoms with Crippen molar-refractivity contribution in [1.82, 2.24) is 0 Å². The summed E-state index contributed by atoms with van der Waals surface area (Å²) in [4.78, 5) is 11.0. The molecule has 0 aromatic carbocycles. The van der Waals surface area contributed by atoms with Gasteiger partial charge in [0.1, 0.15) is 0 Å². The smallest absolute Gasteiger partial charge is 0.181 e. The van der Waals surface area contributed by atoms with E-state index < -0.39 is 0 Å². The molecule has 0 N–H and O–H groups in total. The van der Waals surface area contributed by atoms with Crippen molar-refractivity contribution < 1.29 is 4.79 Å². The van der Waals surface area contributed by atoms with Gasteiger partial charge in [-0.1, -0.05) is 26.0 Å². The largest absolute Gasteiger partial charge is 0.290 e. The summed E-state index contributed by atoms with van der Waals surface area (Å²) in [5.41, 5.74) is 1.96. The Morgan fingerprint density at radius 2 is 2.30 bits per heavy atom. The lowest BCUT2D eigenvalue weighted by Gasteiger charge is -2.05. The predicted molar refractivity (Wildman–Crippen MR) is 41.7 cm³/mol. The summed E-state index contributed by atoms with van der Waals surface area (Å²) in [6.07, 6.45) is 2.68. The van der Waals surface area contributed by atoms with Gasteiger partial charge in [0, 0.05) is 5.92 Å². The van der Waals surface area contributed by atoms with Crippen molar-refractivity contribution in [3.05, 3.63) is 23.8 Å². The molecule has 1 rings (SSSR count). The third-order valence-electron chi connectivity index (χ3n) is 2.12. The zero-order valence-electron chi connectivity index (χ0n) is 6.48. The first-order valence-corrected chi connectivity index (χ1v) is 3.60. The zero-order chi connectivity index (χ0) is 7.72. The number of allylic oxidation sites excluding steroid dienone is 3. The lowest BCUT2D eigenvalue weighted by molar-refractivity contribution is -0.111. The molecule has 1 nitrogen and oxygen atoms in total. The Morgan fingerprint density at radius 1 is 1.70 bits per heavy atom. The number of carbonyl (C=O) groups excluding carboxylic acids is 1. The highest BCUT2D eigenvalue weighted by Gasteiger charge is 2.22. The molecule has 1 heteroatoms. The van der Waals surface area contributed by atoms with Gasteiger partial charge in [0.25, 0.3) is 0 Å². The van der Waals surface area contributed by atoms with E-state index in [1.165, 1.54) is 5.57 Å². The van der Waals surface area contributed by atoms with Crippen molar-refractivity contribution >= 4 is 5.78 Å². The summed E-state index contributed by atoms with van der Waals surface area (Å²) in [5.74, 6) is 0.404. The van der Waals surface area contributed by atoms with Crippen molar-refractivity contribution in [2.45, 2.75) is 20.3 Å². The number of ketones is 1. The minimum Gasteiger partial charge on any atom is -0.290 e. The molecule has 0 spiro atoms. The normalized spacial score (nSPS) is 25.4. The van der Waals surface area contributed by atoms with E-state index in [0.717, 1.165) is 12.0 Å². The number of hydrogen-bond acceptors (Lipinski definition) is 1. The maximum absolute atomic E-state index is 11.0. The molecular weight excluding hydrogens is 124 g/mol. The Hall–Kier alpha value is -0.850. The molecule has 54 valence electrons. The second kappa shape index (κ2) is 2.41. The summed E-state index contributed by atoms with van der Waals surface area (Å²) >= 11 is 0. The average Bonchev–Trinajstić information content (AvgIpc) is 2.17. The molecule has 0 saturated carbocycles. The van der Waals surface area contributed by atoms with Gasteiger partial charge in [-0.15, -0.1) is 0 Å². The maximum atomic E-state index is 11.0. The van der Waals surface area contributed by atoms with Crippen LogP contribution in [0.5, 0.6) is 0 Å². The lowest BCUT2D eigenvalue weighted by atomic mass is 9.99. The molecule has 10 heavy (non-hydrogen) atoms. The molecule has 0 aromatic heterocycles. The van der Waals surface area contributed by atoms with E-state index in [9.17, 15) is 4.79 Å². The fourth-order valence-corrected chi connectivity index (χ4v) is 1.23. The van der Waals surface area contributed by atoms with Crippen molar-refractivity contribution in [2.75, 3.05) is 0 Å². The van der Waals surface area contributed by atoms with Crippen LogP contribution >= 0.6 is 0 Å². The van der Waals surface area contributed by atoms with E-state index in [-0.39, 0.29) is 11.7 Å². The molecule has 1 aliphatic rings. The van der Waals surface area contributed by atoms with Crippen LogP contribution in [0.15, 0.2) is 23.8 Å². The van der Waals surface area contributed by atoms with E-state index >= 15 is 0 Å². The van der Waals surface area contributed by atoms with Crippen LogP contribution in [0.3, 0.4) is 0 Å². The highest BCUT2D eigenvalue weighted by Crippen LogP contribution is 2.28. The van der Waals surface area contributed by atoms with Gasteiger partial charge >= 0.3 is 0 Å². The minimum atomic E-state index is 0.115. The quantitative estimate of drug-likeness (QED) is 0.504. The first-order valence-electron chi connectivity index (χ1n) is 3.60. The summed E-state index contributed by atoms with van der Waals surface area (Å²) < 4.78 is 0. The van der Waals surface area contributed by atoms with Crippen LogP contribution in [0, 0.1) is 5.92 Å². The van der Waals surface area contributed by atoms with Crippen LogP contribution < -0.4 is 0 Å². The SMILES string of the molecule is C=C1C(=O)C=C(CC)C1C. The minimum absolute atomic E-state index is 0.115. The predicted octanol–water partition coefficient (Wildman–Crippen LogP) is 2.10. The number of hydrogen-bond donors (Lipinski definition) is 0. The highest BCUT2D eigenvalue weighted by molar-refractivity contribution is 6.07. The highest BCUT2D eigenvalue weighted by atomic mass is 16.1. The average molecular weight is 136 g/mol. The van der Waals surface area contributed by atoms with Crippen molar-refractivity contribution in [3.63, 3.8) is 0 Å². The monoisotopic (exact) mass is 136 g/mol. The summed E-state index contributed by atoms with van der Waals surface area (Å²) in [5, 5.41) is 0. The second-order valence-electron chi connectivity index (χ2n) is 2.68. The molecule has 0 aliphatic heterocycles. The topological polar surface area (TPSA) is 17.1 Å². The zero-order valence-corrected chi connectivity index (χ0v) is 6.48. The summed E-state index contributed by atoms with van der Waals surface area (Å²) in [7, 11) is 0. The molecule has 0 heterocycles. The molecule has 1 atom stereocenters. The van der Waals surface area contributed by atoms with Gasteiger partial charge in [0.05, 0.1) is 0 Å². The van der Waals surface area contributed by atoms with E-state index in [1.54, 1.807) is 6.08 Å². The maximum Gasteiger partial charge on any atom is 0.181 e. The van der Waals surface area contributed by atoms with E-state index in [0.29, 0.717) is 0 Å². The van der Waals surface area contributed by atoms with Crippen molar-refractivity contribution in [1.29, 1.82) is 0 Å². The molecule has 0 amide bonds. The number of carbonyl (C=O) groups is 1.